The number of rotatable bonds is 5. The Morgan fingerprint density at radius 2 is 1.90 bits per heavy atom. The third kappa shape index (κ3) is 5.23. The van der Waals surface area contributed by atoms with Crippen LogP contribution in [0.3, 0.4) is 0 Å². The summed E-state index contributed by atoms with van der Waals surface area (Å²) in [5, 5.41) is 6.45. The van der Waals surface area contributed by atoms with Gasteiger partial charge in [0.25, 0.3) is 0 Å². The molecule has 2 N–H and O–H groups in total. The van der Waals surface area contributed by atoms with E-state index in [0.717, 1.165) is 31.8 Å². The average Bonchev–Trinajstić information content (AvgIpc) is 2.80. The van der Waals surface area contributed by atoms with Crippen LogP contribution in [0.4, 0.5) is 0 Å². The number of nitrogens with zero attached hydrogens (tertiary/aromatic N) is 1. The van der Waals surface area contributed by atoms with Crippen LogP contribution in [0.15, 0.2) is 0 Å². The largest absolute Gasteiger partial charge is 0.352 e. The first kappa shape index (κ1) is 17.7. The Morgan fingerprint density at radius 3 is 2.55 bits per heavy atom. The molecule has 0 aromatic carbocycles. The van der Waals surface area contributed by atoms with Gasteiger partial charge in [-0.2, -0.15) is 0 Å². The minimum atomic E-state index is 0. The number of nitrogens with one attached hydrogen (secondary N) is 2. The van der Waals surface area contributed by atoms with E-state index in [-0.39, 0.29) is 18.3 Å². The topological polar surface area (TPSA) is 44.4 Å². The molecular weight excluding hydrogens is 274 g/mol. The molecular formula is C15H30ClN3O. The molecule has 0 bridgehead atoms. The van der Waals surface area contributed by atoms with Gasteiger partial charge in [0.05, 0.1) is 6.54 Å². The third-order valence-corrected chi connectivity index (χ3v) is 4.67. The van der Waals surface area contributed by atoms with Gasteiger partial charge in [-0.1, -0.05) is 6.92 Å². The predicted molar refractivity (Wildman–Crippen MR) is 85.3 cm³/mol. The summed E-state index contributed by atoms with van der Waals surface area (Å²) in [4.78, 5) is 14.5. The Bertz CT molecular complexity index is 293. The number of likely N-dealkylation sites (N-methyl/N-ethyl adjacent to an activating group) is 1. The van der Waals surface area contributed by atoms with E-state index in [4.69, 9.17) is 0 Å². The van der Waals surface area contributed by atoms with Gasteiger partial charge < -0.3 is 10.6 Å². The molecule has 2 aliphatic rings. The zero-order valence-electron chi connectivity index (χ0n) is 12.9. The lowest BCUT2D eigenvalue weighted by atomic mass is 9.87. The lowest BCUT2D eigenvalue weighted by molar-refractivity contribution is -0.123. The van der Waals surface area contributed by atoms with Crippen molar-refractivity contribution in [2.75, 3.05) is 26.7 Å². The van der Waals surface area contributed by atoms with E-state index in [1.165, 1.54) is 25.7 Å². The summed E-state index contributed by atoms with van der Waals surface area (Å²) in [5.41, 5.74) is 0. The monoisotopic (exact) mass is 303 g/mol. The van der Waals surface area contributed by atoms with Crippen LogP contribution in [0.2, 0.25) is 0 Å². The fraction of sp³-hybridized carbons (Fsp3) is 0.933. The zero-order valence-corrected chi connectivity index (χ0v) is 13.7. The minimum Gasteiger partial charge on any atom is -0.352 e. The van der Waals surface area contributed by atoms with E-state index in [9.17, 15) is 4.79 Å². The fourth-order valence-corrected chi connectivity index (χ4v) is 3.43. The molecule has 1 atom stereocenters. The normalized spacial score (nSPS) is 30.8. The molecule has 5 heteroatoms. The average molecular weight is 304 g/mol. The Morgan fingerprint density at radius 1 is 1.20 bits per heavy atom. The van der Waals surface area contributed by atoms with Crippen molar-refractivity contribution in [1.82, 2.24) is 15.5 Å². The fourth-order valence-electron chi connectivity index (χ4n) is 3.43. The first-order chi connectivity index (χ1) is 9.19. The lowest BCUT2D eigenvalue weighted by Gasteiger charge is -2.29. The van der Waals surface area contributed by atoms with Crippen molar-refractivity contribution in [2.45, 2.75) is 57.5 Å². The van der Waals surface area contributed by atoms with E-state index in [2.05, 4.69) is 22.5 Å². The van der Waals surface area contributed by atoms with Crippen LogP contribution < -0.4 is 10.6 Å². The number of carbonyl (C=O) groups is 1. The molecule has 20 heavy (non-hydrogen) atoms. The van der Waals surface area contributed by atoms with Gasteiger partial charge in [-0.05, 0) is 58.0 Å². The molecule has 1 aliphatic carbocycles. The molecule has 118 valence electrons. The summed E-state index contributed by atoms with van der Waals surface area (Å²) < 4.78 is 0. The standard InChI is InChI=1S/C15H29N3O.ClH/c1-12-5-7-13(8-6-12)17-15(19)11-18-9-3-4-14(18)10-16-2;/h12-14,16H,3-11H2,1-2H3,(H,17,19);1H. The molecule has 0 aromatic heterocycles. The van der Waals surface area contributed by atoms with Gasteiger partial charge in [-0.3, -0.25) is 9.69 Å². The Labute approximate surface area is 129 Å². The van der Waals surface area contributed by atoms with Gasteiger partial charge in [0.15, 0.2) is 0 Å². The molecule has 0 spiro atoms. The Kier molecular flexibility index (Phi) is 7.85. The maximum absolute atomic E-state index is 12.1. The second-order valence-electron chi connectivity index (χ2n) is 6.35. The molecule has 0 radical (unpaired) electrons. The first-order valence-corrected chi connectivity index (χ1v) is 7.87. The highest BCUT2D eigenvalue weighted by atomic mass is 35.5. The van der Waals surface area contributed by atoms with Gasteiger partial charge in [-0.25, -0.2) is 0 Å². The Hall–Kier alpha value is -0.320. The van der Waals surface area contributed by atoms with Crippen molar-refractivity contribution in [3.63, 3.8) is 0 Å². The second kappa shape index (κ2) is 8.85. The van der Waals surface area contributed by atoms with Crippen LogP contribution in [0.5, 0.6) is 0 Å². The van der Waals surface area contributed by atoms with Crippen molar-refractivity contribution < 1.29 is 4.79 Å². The van der Waals surface area contributed by atoms with Crippen molar-refractivity contribution in [1.29, 1.82) is 0 Å². The summed E-state index contributed by atoms with van der Waals surface area (Å²) in [6.45, 7) is 4.96. The summed E-state index contributed by atoms with van der Waals surface area (Å²) >= 11 is 0. The summed E-state index contributed by atoms with van der Waals surface area (Å²) in [6.07, 6.45) is 7.28. The first-order valence-electron chi connectivity index (χ1n) is 7.87. The molecule has 4 nitrogen and oxygen atoms in total. The number of halogens is 1. The third-order valence-electron chi connectivity index (χ3n) is 4.67. The van der Waals surface area contributed by atoms with Crippen LogP contribution in [0.25, 0.3) is 0 Å². The highest BCUT2D eigenvalue weighted by Crippen LogP contribution is 2.23. The number of likely N-dealkylation sites (tertiary alicyclic amines) is 1. The Balaban J connectivity index is 0.00000200. The molecule has 1 aliphatic heterocycles. The van der Waals surface area contributed by atoms with E-state index in [0.29, 0.717) is 18.6 Å². The van der Waals surface area contributed by atoms with Crippen molar-refractivity contribution in [3.05, 3.63) is 0 Å². The SMILES string of the molecule is CNCC1CCCN1CC(=O)NC1CCC(C)CC1.Cl. The van der Waals surface area contributed by atoms with E-state index >= 15 is 0 Å². The van der Waals surface area contributed by atoms with Crippen molar-refractivity contribution in [2.24, 2.45) is 5.92 Å². The van der Waals surface area contributed by atoms with Crippen LogP contribution >= 0.6 is 12.4 Å². The molecule has 1 heterocycles. The van der Waals surface area contributed by atoms with Gasteiger partial charge in [0.2, 0.25) is 5.91 Å². The van der Waals surface area contributed by atoms with E-state index < -0.39 is 0 Å². The van der Waals surface area contributed by atoms with E-state index in [1.807, 2.05) is 7.05 Å². The minimum absolute atomic E-state index is 0. The number of carbonyl (C=O) groups excluding carboxylic acids is 1. The van der Waals surface area contributed by atoms with Gasteiger partial charge in [0.1, 0.15) is 0 Å². The number of amides is 1. The van der Waals surface area contributed by atoms with Crippen molar-refractivity contribution in [3.8, 4) is 0 Å². The van der Waals surface area contributed by atoms with Crippen LogP contribution in [-0.4, -0.2) is 49.6 Å². The zero-order chi connectivity index (χ0) is 13.7. The lowest BCUT2D eigenvalue weighted by Crippen LogP contribution is -2.46. The number of hydrogen-bond acceptors (Lipinski definition) is 3. The molecule has 2 fully saturated rings. The van der Waals surface area contributed by atoms with Gasteiger partial charge >= 0.3 is 0 Å². The molecule has 0 aromatic rings. The predicted octanol–water partition coefficient (Wildman–Crippen LogP) is 1.79. The highest BCUT2D eigenvalue weighted by molar-refractivity contribution is 5.85. The smallest absolute Gasteiger partial charge is 0.234 e. The number of hydrogen-bond donors (Lipinski definition) is 2. The van der Waals surface area contributed by atoms with Crippen LogP contribution in [-0.2, 0) is 4.79 Å². The maximum atomic E-state index is 12.1. The molecule has 2 rings (SSSR count). The summed E-state index contributed by atoms with van der Waals surface area (Å²) in [5.74, 6) is 1.06. The molecule has 1 saturated heterocycles. The highest BCUT2D eigenvalue weighted by Gasteiger charge is 2.26. The van der Waals surface area contributed by atoms with E-state index in [1.54, 1.807) is 0 Å². The summed E-state index contributed by atoms with van der Waals surface area (Å²) in [7, 11) is 1.99. The van der Waals surface area contributed by atoms with Crippen molar-refractivity contribution >= 4 is 18.3 Å². The van der Waals surface area contributed by atoms with Gasteiger partial charge in [-0.15, -0.1) is 12.4 Å². The van der Waals surface area contributed by atoms with Gasteiger partial charge in [0, 0.05) is 18.6 Å². The van der Waals surface area contributed by atoms with Crippen LogP contribution in [0.1, 0.15) is 45.4 Å². The maximum Gasteiger partial charge on any atom is 0.234 e. The quantitative estimate of drug-likeness (QED) is 0.814. The molecule has 1 unspecified atom stereocenters. The second-order valence-corrected chi connectivity index (χ2v) is 6.35. The van der Waals surface area contributed by atoms with Crippen LogP contribution in [0, 0.1) is 5.92 Å². The molecule has 1 saturated carbocycles. The molecule has 1 amide bonds. The summed E-state index contributed by atoms with van der Waals surface area (Å²) in [6, 6.07) is 0.969.